The SMILES string of the molecule is C[C@H](OC(=O)Cc1cccc(F)c1)C(=O)Nc1cccnc1Cl. The molecule has 1 heterocycles. The van der Waals surface area contributed by atoms with Gasteiger partial charge in [0.25, 0.3) is 5.91 Å². The third-order valence-electron chi connectivity index (χ3n) is 2.93. The Morgan fingerprint density at radius 3 is 2.83 bits per heavy atom. The largest absolute Gasteiger partial charge is 0.452 e. The van der Waals surface area contributed by atoms with Crippen LogP contribution < -0.4 is 5.32 Å². The maximum Gasteiger partial charge on any atom is 0.311 e. The minimum absolute atomic E-state index is 0.122. The predicted octanol–water partition coefficient (Wildman–Crippen LogP) is 2.99. The quantitative estimate of drug-likeness (QED) is 0.673. The molecule has 1 aromatic heterocycles. The van der Waals surface area contributed by atoms with Gasteiger partial charge in [0, 0.05) is 6.20 Å². The van der Waals surface area contributed by atoms with Gasteiger partial charge in [-0.2, -0.15) is 0 Å². The van der Waals surface area contributed by atoms with Crippen molar-refractivity contribution in [3.05, 3.63) is 59.1 Å². The molecule has 0 unspecified atom stereocenters. The zero-order valence-corrected chi connectivity index (χ0v) is 13.0. The van der Waals surface area contributed by atoms with Gasteiger partial charge >= 0.3 is 5.97 Å². The Balaban J connectivity index is 1.90. The van der Waals surface area contributed by atoms with Crippen LogP contribution in [0.2, 0.25) is 5.15 Å². The molecule has 23 heavy (non-hydrogen) atoms. The van der Waals surface area contributed by atoms with Crippen molar-refractivity contribution in [2.24, 2.45) is 0 Å². The lowest BCUT2D eigenvalue weighted by molar-refractivity contribution is -0.152. The highest BCUT2D eigenvalue weighted by atomic mass is 35.5. The number of rotatable bonds is 5. The fourth-order valence-corrected chi connectivity index (χ4v) is 1.99. The number of halogens is 2. The van der Waals surface area contributed by atoms with Gasteiger partial charge in [-0.1, -0.05) is 23.7 Å². The van der Waals surface area contributed by atoms with E-state index in [0.717, 1.165) is 0 Å². The first-order valence-corrected chi connectivity index (χ1v) is 7.19. The van der Waals surface area contributed by atoms with E-state index >= 15 is 0 Å². The lowest BCUT2D eigenvalue weighted by Gasteiger charge is -2.14. The van der Waals surface area contributed by atoms with Crippen molar-refractivity contribution in [2.75, 3.05) is 5.32 Å². The molecule has 0 saturated carbocycles. The summed E-state index contributed by atoms with van der Waals surface area (Å²) < 4.78 is 18.1. The second-order valence-electron chi connectivity index (χ2n) is 4.77. The first-order chi connectivity index (χ1) is 11.0. The number of carbonyl (C=O) groups excluding carboxylic acids is 2. The molecule has 0 spiro atoms. The molecule has 0 aliphatic heterocycles. The molecule has 1 amide bonds. The number of nitrogens with zero attached hydrogens (tertiary/aromatic N) is 1. The number of nitrogens with one attached hydrogen (secondary N) is 1. The third-order valence-corrected chi connectivity index (χ3v) is 3.23. The highest BCUT2D eigenvalue weighted by Crippen LogP contribution is 2.17. The van der Waals surface area contributed by atoms with Crippen molar-refractivity contribution in [1.82, 2.24) is 4.98 Å². The first-order valence-electron chi connectivity index (χ1n) is 6.81. The highest BCUT2D eigenvalue weighted by Gasteiger charge is 2.19. The summed E-state index contributed by atoms with van der Waals surface area (Å²) in [7, 11) is 0. The summed E-state index contributed by atoms with van der Waals surface area (Å²) in [5.74, 6) is -1.60. The van der Waals surface area contributed by atoms with Gasteiger partial charge in [-0.15, -0.1) is 0 Å². The molecule has 0 aliphatic carbocycles. The molecule has 1 aromatic carbocycles. The van der Waals surface area contributed by atoms with Crippen LogP contribution in [0, 0.1) is 5.82 Å². The maximum absolute atomic E-state index is 13.1. The zero-order chi connectivity index (χ0) is 16.8. The molecule has 2 rings (SSSR count). The van der Waals surface area contributed by atoms with E-state index in [2.05, 4.69) is 10.3 Å². The number of benzene rings is 1. The number of amides is 1. The van der Waals surface area contributed by atoms with Crippen LogP contribution in [0.25, 0.3) is 0 Å². The second-order valence-corrected chi connectivity index (χ2v) is 5.13. The van der Waals surface area contributed by atoms with Crippen molar-refractivity contribution < 1.29 is 18.7 Å². The third kappa shape index (κ3) is 5.03. The van der Waals surface area contributed by atoms with Gasteiger partial charge in [0.05, 0.1) is 12.1 Å². The van der Waals surface area contributed by atoms with Gasteiger partial charge in [-0.3, -0.25) is 9.59 Å². The van der Waals surface area contributed by atoms with Gasteiger partial charge in [0.15, 0.2) is 11.3 Å². The molecule has 0 fully saturated rings. The lowest BCUT2D eigenvalue weighted by Crippen LogP contribution is -2.30. The summed E-state index contributed by atoms with van der Waals surface area (Å²) in [5.41, 5.74) is 0.796. The van der Waals surface area contributed by atoms with Crippen molar-refractivity contribution in [3.8, 4) is 0 Å². The van der Waals surface area contributed by atoms with E-state index in [9.17, 15) is 14.0 Å². The summed E-state index contributed by atoms with van der Waals surface area (Å²) in [6, 6.07) is 8.81. The van der Waals surface area contributed by atoms with Crippen molar-refractivity contribution >= 4 is 29.2 Å². The van der Waals surface area contributed by atoms with E-state index in [-0.39, 0.29) is 11.6 Å². The number of pyridine rings is 1. The summed E-state index contributed by atoms with van der Waals surface area (Å²) in [4.78, 5) is 27.6. The summed E-state index contributed by atoms with van der Waals surface area (Å²) in [6.45, 7) is 1.43. The molecule has 120 valence electrons. The van der Waals surface area contributed by atoms with E-state index in [1.807, 2.05) is 0 Å². The second kappa shape index (κ2) is 7.69. The number of ether oxygens (including phenoxy) is 1. The molecular weight excluding hydrogens is 323 g/mol. The zero-order valence-electron chi connectivity index (χ0n) is 12.3. The number of hydrogen-bond acceptors (Lipinski definition) is 4. The van der Waals surface area contributed by atoms with Crippen LogP contribution in [0.4, 0.5) is 10.1 Å². The minimum Gasteiger partial charge on any atom is -0.452 e. The Kier molecular flexibility index (Phi) is 5.65. The van der Waals surface area contributed by atoms with Crippen LogP contribution in [0.1, 0.15) is 12.5 Å². The fourth-order valence-electron chi connectivity index (χ4n) is 1.82. The Morgan fingerprint density at radius 1 is 1.35 bits per heavy atom. The highest BCUT2D eigenvalue weighted by molar-refractivity contribution is 6.32. The van der Waals surface area contributed by atoms with Gasteiger partial charge < -0.3 is 10.1 Å². The predicted molar refractivity (Wildman–Crippen MR) is 83.5 cm³/mol. The van der Waals surface area contributed by atoms with Crippen LogP contribution in [0.3, 0.4) is 0 Å². The number of carbonyl (C=O) groups is 2. The molecule has 0 aliphatic rings. The van der Waals surface area contributed by atoms with E-state index < -0.39 is 23.8 Å². The Morgan fingerprint density at radius 2 is 2.13 bits per heavy atom. The summed E-state index contributed by atoms with van der Waals surface area (Å²) in [6.07, 6.45) is 0.344. The van der Waals surface area contributed by atoms with E-state index in [4.69, 9.17) is 16.3 Å². The molecule has 0 bridgehead atoms. The maximum atomic E-state index is 13.1. The first kappa shape index (κ1) is 16.9. The van der Waals surface area contributed by atoms with Crippen LogP contribution in [0.15, 0.2) is 42.6 Å². The Hall–Kier alpha value is -2.47. The Labute approximate surface area is 137 Å². The van der Waals surface area contributed by atoms with Crippen molar-refractivity contribution in [1.29, 1.82) is 0 Å². The average molecular weight is 337 g/mol. The number of anilines is 1. The smallest absolute Gasteiger partial charge is 0.311 e. The van der Waals surface area contributed by atoms with E-state index in [1.165, 1.54) is 31.3 Å². The normalized spacial score (nSPS) is 11.6. The standard InChI is InChI=1S/C16H14ClFN2O3/c1-10(16(22)20-13-6-3-7-19-15(13)17)23-14(21)9-11-4-2-5-12(18)8-11/h2-8,10H,9H2,1H3,(H,20,22)/t10-/m0/s1. The summed E-state index contributed by atoms with van der Waals surface area (Å²) in [5, 5.41) is 2.66. The molecule has 0 saturated heterocycles. The molecular formula is C16H14ClFN2O3. The van der Waals surface area contributed by atoms with Gasteiger partial charge in [-0.05, 0) is 36.8 Å². The van der Waals surface area contributed by atoms with Crippen LogP contribution in [-0.4, -0.2) is 23.0 Å². The average Bonchev–Trinajstić information content (AvgIpc) is 2.49. The Bertz CT molecular complexity index is 724. The minimum atomic E-state index is -1.02. The molecule has 5 nitrogen and oxygen atoms in total. The van der Waals surface area contributed by atoms with Crippen molar-refractivity contribution in [2.45, 2.75) is 19.4 Å². The van der Waals surface area contributed by atoms with Gasteiger partial charge in [-0.25, -0.2) is 9.37 Å². The topological polar surface area (TPSA) is 68.3 Å². The molecule has 0 radical (unpaired) electrons. The monoisotopic (exact) mass is 336 g/mol. The summed E-state index contributed by atoms with van der Waals surface area (Å²) >= 11 is 5.83. The molecule has 1 N–H and O–H groups in total. The number of hydrogen-bond donors (Lipinski definition) is 1. The van der Waals surface area contributed by atoms with E-state index in [0.29, 0.717) is 11.3 Å². The van der Waals surface area contributed by atoms with Crippen LogP contribution in [-0.2, 0) is 20.7 Å². The van der Waals surface area contributed by atoms with Crippen molar-refractivity contribution in [3.63, 3.8) is 0 Å². The molecule has 7 heteroatoms. The van der Waals surface area contributed by atoms with Crippen LogP contribution >= 0.6 is 11.6 Å². The van der Waals surface area contributed by atoms with Crippen LogP contribution in [0.5, 0.6) is 0 Å². The molecule has 2 aromatic rings. The fraction of sp³-hybridized carbons (Fsp3) is 0.188. The van der Waals surface area contributed by atoms with E-state index in [1.54, 1.807) is 18.2 Å². The molecule has 1 atom stereocenters. The lowest BCUT2D eigenvalue weighted by atomic mass is 10.1. The number of esters is 1. The van der Waals surface area contributed by atoms with Gasteiger partial charge in [0.1, 0.15) is 5.82 Å². The van der Waals surface area contributed by atoms with Gasteiger partial charge in [0.2, 0.25) is 0 Å². The number of aromatic nitrogens is 1.